The second-order valence-electron chi connectivity index (χ2n) is 5.40. The van der Waals surface area contributed by atoms with E-state index < -0.39 is 0 Å². The van der Waals surface area contributed by atoms with Gasteiger partial charge in [0.25, 0.3) is 5.91 Å². The molecule has 0 aliphatic rings. The van der Waals surface area contributed by atoms with Gasteiger partial charge in [-0.15, -0.1) is 0 Å². The summed E-state index contributed by atoms with van der Waals surface area (Å²) in [6.45, 7) is 7.11. The summed E-state index contributed by atoms with van der Waals surface area (Å²) in [6.07, 6.45) is 4.82. The van der Waals surface area contributed by atoms with Crippen LogP contribution in [0.15, 0.2) is 24.5 Å². The molecule has 0 aromatic carbocycles. The molecule has 0 aliphatic carbocycles. The number of carbonyl (C=O) groups excluding carboxylic acids is 1. The number of imidazole rings is 1. The molecule has 120 valence electrons. The molecule has 2 aromatic rings. The highest BCUT2D eigenvalue weighted by Crippen LogP contribution is 2.18. The Kier molecular flexibility index (Phi) is 5.77. The van der Waals surface area contributed by atoms with Crippen molar-refractivity contribution in [3.63, 3.8) is 0 Å². The highest BCUT2D eigenvalue weighted by molar-refractivity contribution is 5.77. The molecule has 1 amide bonds. The van der Waals surface area contributed by atoms with Crippen LogP contribution in [0.1, 0.15) is 26.0 Å². The van der Waals surface area contributed by atoms with E-state index >= 15 is 0 Å². The zero-order chi connectivity index (χ0) is 15.9. The second kappa shape index (κ2) is 7.79. The van der Waals surface area contributed by atoms with Crippen molar-refractivity contribution in [3.05, 3.63) is 30.2 Å². The fourth-order valence-corrected chi connectivity index (χ4v) is 2.04. The number of hydrogen-bond acceptors (Lipinski definition) is 4. The van der Waals surface area contributed by atoms with Crippen molar-refractivity contribution in [2.24, 2.45) is 0 Å². The molecule has 2 aromatic heterocycles. The molecule has 0 saturated carbocycles. The molecule has 0 bridgehead atoms. The zero-order valence-electron chi connectivity index (χ0n) is 13.3. The highest BCUT2D eigenvalue weighted by Gasteiger charge is 2.07. The van der Waals surface area contributed by atoms with E-state index in [1.54, 1.807) is 0 Å². The van der Waals surface area contributed by atoms with Gasteiger partial charge in [0.15, 0.2) is 18.0 Å². The Bertz CT molecular complexity index is 622. The van der Waals surface area contributed by atoms with Gasteiger partial charge in [0.1, 0.15) is 0 Å². The molecule has 6 nitrogen and oxygen atoms in total. The van der Waals surface area contributed by atoms with Crippen LogP contribution in [-0.2, 0) is 9.53 Å². The quantitative estimate of drug-likeness (QED) is 0.757. The number of nitrogens with one attached hydrogen (secondary N) is 1. The van der Waals surface area contributed by atoms with Crippen LogP contribution in [0.2, 0.25) is 0 Å². The van der Waals surface area contributed by atoms with E-state index in [1.165, 1.54) is 0 Å². The number of amides is 1. The van der Waals surface area contributed by atoms with Crippen LogP contribution in [0.25, 0.3) is 5.65 Å². The van der Waals surface area contributed by atoms with Crippen LogP contribution < -0.4 is 10.1 Å². The average molecular weight is 305 g/mol. The predicted molar refractivity (Wildman–Crippen MR) is 84.1 cm³/mol. The minimum absolute atomic E-state index is 0.0172. The van der Waals surface area contributed by atoms with Gasteiger partial charge in [-0.1, -0.05) is 0 Å². The summed E-state index contributed by atoms with van der Waals surface area (Å²) in [5, 5.41) is 2.81. The maximum Gasteiger partial charge on any atom is 0.257 e. The minimum Gasteiger partial charge on any atom is -0.480 e. The second-order valence-corrected chi connectivity index (χ2v) is 5.40. The van der Waals surface area contributed by atoms with Gasteiger partial charge >= 0.3 is 0 Å². The third kappa shape index (κ3) is 4.73. The Morgan fingerprint density at radius 3 is 3.05 bits per heavy atom. The van der Waals surface area contributed by atoms with Crippen LogP contribution in [0.5, 0.6) is 5.75 Å². The number of fused-ring (bicyclic) bond motifs is 1. The van der Waals surface area contributed by atoms with Gasteiger partial charge < -0.3 is 19.2 Å². The minimum atomic E-state index is -0.144. The number of carbonyl (C=O) groups is 1. The van der Waals surface area contributed by atoms with Crippen LogP contribution in [0, 0.1) is 6.92 Å². The van der Waals surface area contributed by atoms with E-state index in [9.17, 15) is 4.79 Å². The van der Waals surface area contributed by atoms with Crippen molar-refractivity contribution in [1.29, 1.82) is 0 Å². The van der Waals surface area contributed by atoms with E-state index in [0.29, 0.717) is 18.9 Å². The van der Waals surface area contributed by atoms with Gasteiger partial charge in [-0.2, -0.15) is 0 Å². The fraction of sp³-hybridized carbons (Fsp3) is 0.500. The molecule has 0 fully saturated rings. The van der Waals surface area contributed by atoms with Gasteiger partial charge in [0.2, 0.25) is 0 Å². The van der Waals surface area contributed by atoms with Crippen LogP contribution in [0.4, 0.5) is 0 Å². The Balaban J connectivity index is 1.76. The van der Waals surface area contributed by atoms with Crippen molar-refractivity contribution < 1.29 is 14.3 Å². The fourth-order valence-electron chi connectivity index (χ4n) is 2.04. The van der Waals surface area contributed by atoms with Crippen LogP contribution in [-0.4, -0.2) is 41.2 Å². The molecule has 0 saturated heterocycles. The van der Waals surface area contributed by atoms with Gasteiger partial charge in [-0.05, 0) is 39.3 Å². The summed E-state index contributed by atoms with van der Waals surface area (Å²) >= 11 is 0. The SMILES string of the molecule is Cc1cn2cccc(OCC(=O)NCCCOC(C)C)c2n1. The normalized spacial score (nSPS) is 11.1. The van der Waals surface area contributed by atoms with Crippen molar-refractivity contribution in [2.45, 2.75) is 33.3 Å². The van der Waals surface area contributed by atoms with Crippen molar-refractivity contribution in [2.75, 3.05) is 19.8 Å². The highest BCUT2D eigenvalue weighted by atomic mass is 16.5. The van der Waals surface area contributed by atoms with Gasteiger partial charge in [-0.25, -0.2) is 4.98 Å². The topological polar surface area (TPSA) is 64.9 Å². The van der Waals surface area contributed by atoms with Gasteiger partial charge in [0.05, 0.1) is 11.8 Å². The molecule has 0 atom stereocenters. The summed E-state index contributed by atoms with van der Waals surface area (Å²) in [7, 11) is 0. The monoisotopic (exact) mass is 305 g/mol. The Labute approximate surface area is 130 Å². The summed E-state index contributed by atoms with van der Waals surface area (Å²) in [5.74, 6) is 0.462. The number of nitrogens with zero attached hydrogens (tertiary/aromatic N) is 2. The van der Waals surface area contributed by atoms with Crippen molar-refractivity contribution in [3.8, 4) is 5.75 Å². The lowest BCUT2D eigenvalue weighted by atomic mass is 10.4. The molecular formula is C16H23N3O3. The molecule has 1 N–H and O–H groups in total. The molecule has 0 radical (unpaired) electrons. The Morgan fingerprint density at radius 1 is 1.45 bits per heavy atom. The molecule has 22 heavy (non-hydrogen) atoms. The largest absolute Gasteiger partial charge is 0.480 e. The van der Waals surface area contributed by atoms with Crippen molar-refractivity contribution in [1.82, 2.24) is 14.7 Å². The van der Waals surface area contributed by atoms with E-state index in [1.807, 2.05) is 49.7 Å². The smallest absolute Gasteiger partial charge is 0.257 e. The summed E-state index contributed by atoms with van der Waals surface area (Å²) < 4.78 is 12.9. The first-order chi connectivity index (χ1) is 10.6. The number of aromatic nitrogens is 2. The number of hydrogen-bond donors (Lipinski definition) is 1. The summed E-state index contributed by atoms with van der Waals surface area (Å²) in [6, 6.07) is 3.68. The number of pyridine rings is 1. The maximum absolute atomic E-state index is 11.8. The first-order valence-corrected chi connectivity index (χ1v) is 7.51. The molecule has 0 aliphatic heterocycles. The molecule has 6 heteroatoms. The first kappa shape index (κ1) is 16.3. The number of ether oxygens (including phenoxy) is 2. The third-order valence-corrected chi connectivity index (χ3v) is 3.02. The lowest BCUT2D eigenvalue weighted by Gasteiger charge is -2.09. The van der Waals surface area contributed by atoms with Gasteiger partial charge in [0, 0.05) is 25.5 Å². The Morgan fingerprint density at radius 2 is 2.27 bits per heavy atom. The third-order valence-electron chi connectivity index (χ3n) is 3.02. The summed E-state index contributed by atoms with van der Waals surface area (Å²) in [5.41, 5.74) is 1.63. The number of aryl methyl sites for hydroxylation is 1. The first-order valence-electron chi connectivity index (χ1n) is 7.51. The van der Waals surface area contributed by atoms with Crippen LogP contribution >= 0.6 is 0 Å². The molecule has 2 heterocycles. The van der Waals surface area contributed by atoms with Gasteiger partial charge in [-0.3, -0.25) is 4.79 Å². The maximum atomic E-state index is 11.8. The van der Waals surface area contributed by atoms with E-state index in [0.717, 1.165) is 17.8 Å². The predicted octanol–water partition coefficient (Wildman–Crippen LogP) is 1.95. The van der Waals surface area contributed by atoms with Crippen LogP contribution in [0.3, 0.4) is 0 Å². The molecule has 0 unspecified atom stereocenters. The average Bonchev–Trinajstić information content (AvgIpc) is 2.85. The Hall–Kier alpha value is -2.08. The standard InChI is InChI=1S/C16H23N3O3/c1-12(2)21-9-5-7-17-15(20)11-22-14-6-4-8-19-10-13(3)18-16(14)19/h4,6,8,10,12H,5,7,9,11H2,1-3H3,(H,17,20). The lowest BCUT2D eigenvalue weighted by molar-refractivity contribution is -0.123. The van der Waals surface area contributed by atoms with Crippen molar-refractivity contribution >= 4 is 11.6 Å². The number of rotatable bonds is 8. The van der Waals surface area contributed by atoms with E-state index in [-0.39, 0.29) is 18.6 Å². The molecular weight excluding hydrogens is 282 g/mol. The molecule has 0 spiro atoms. The van der Waals surface area contributed by atoms with E-state index in [2.05, 4.69) is 10.3 Å². The zero-order valence-corrected chi connectivity index (χ0v) is 13.3. The molecule has 2 rings (SSSR count). The lowest BCUT2D eigenvalue weighted by Crippen LogP contribution is -2.30. The summed E-state index contributed by atoms with van der Waals surface area (Å²) in [4.78, 5) is 16.1. The van der Waals surface area contributed by atoms with E-state index in [4.69, 9.17) is 9.47 Å².